The van der Waals surface area contributed by atoms with Gasteiger partial charge in [-0.05, 0) is 68.3 Å². The van der Waals surface area contributed by atoms with Crippen LogP contribution in [0.5, 0.6) is 0 Å². The molecule has 1 fully saturated rings. The first-order valence-electron chi connectivity index (χ1n) is 11.2. The number of rotatable bonds is 7. The Morgan fingerprint density at radius 2 is 1.78 bits per heavy atom. The molecule has 6 heteroatoms. The van der Waals surface area contributed by atoms with Crippen LogP contribution in [0.25, 0.3) is 0 Å². The molecule has 1 aliphatic carbocycles. The molecule has 0 radical (unpaired) electrons. The number of benzene rings is 1. The zero-order valence-electron chi connectivity index (χ0n) is 18.9. The molecule has 1 saturated carbocycles. The summed E-state index contributed by atoms with van der Waals surface area (Å²) in [5.41, 5.74) is 2.67. The molecule has 2 aromatic heterocycles. The molecule has 0 bridgehead atoms. The fourth-order valence-electron chi connectivity index (χ4n) is 4.56. The Kier molecular flexibility index (Phi) is 6.80. The van der Waals surface area contributed by atoms with Gasteiger partial charge in [-0.25, -0.2) is 0 Å². The van der Waals surface area contributed by atoms with Crippen LogP contribution in [0.3, 0.4) is 0 Å². The summed E-state index contributed by atoms with van der Waals surface area (Å²) in [5.74, 6) is 0.893. The maximum Gasteiger partial charge on any atom is 0.251 e. The van der Waals surface area contributed by atoms with Gasteiger partial charge in [0.05, 0.1) is 12.1 Å². The minimum atomic E-state index is -0.864. The topological polar surface area (TPSA) is 62.6 Å². The Labute approximate surface area is 193 Å². The Bertz CT molecular complexity index is 1060. The lowest BCUT2D eigenvalue weighted by atomic mass is 10.0. The first-order valence-corrected chi connectivity index (χ1v) is 12.1. The van der Waals surface area contributed by atoms with Crippen molar-refractivity contribution in [2.24, 2.45) is 0 Å². The van der Waals surface area contributed by atoms with Crippen molar-refractivity contribution < 1.29 is 14.0 Å². The Balaban J connectivity index is 1.79. The van der Waals surface area contributed by atoms with Crippen LogP contribution in [0.2, 0.25) is 0 Å². The lowest BCUT2D eigenvalue weighted by Crippen LogP contribution is -2.47. The molecule has 32 heavy (non-hydrogen) atoms. The van der Waals surface area contributed by atoms with E-state index in [2.05, 4.69) is 5.32 Å². The van der Waals surface area contributed by atoms with Gasteiger partial charge in [0.1, 0.15) is 11.5 Å². The summed E-state index contributed by atoms with van der Waals surface area (Å²) in [7, 11) is 0. The molecule has 1 aliphatic rings. The highest BCUT2D eigenvalue weighted by atomic mass is 32.1. The van der Waals surface area contributed by atoms with E-state index in [1.54, 1.807) is 16.2 Å². The molecule has 0 aliphatic heterocycles. The summed E-state index contributed by atoms with van der Waals surface area (Å²) in [4.78, 5) is 30.1. The van der Waals surface area contributed by atoms with Crippen molar-refractivity contribution in [2.45, 2.75) is 65.0 Å². The number of nitrogens with one attached hydrogen (secondary N) is 1. The van der Waals surface area contributed by atoms with Crippen LogP contribution < -0.4 is 10.2 Å². The molecule has 1 aromatic carbocycles. The fourth-order valence-corrected chi connectivity index (χ4v) is 5.25. The Morgan fingerprint density at radius 3 is 2.38 bits per heavy atom. The molecule has 3 aromatic rings. The van der Waals surface area contributed by atoms with Gasteiger partial charge < -0.3 is 9.73 Å². The zero-order chi connectivity index (χ0) is 22.7. The van der Waals surface area contributed by atoms with Gasteiger partial charge in [0.25, 0.3) is 5.91 Å². The first kappa shape index (κ1) is 22.3. The van der Waals surface area contributed by atoms with Crippen molar-refractivity contribution in [3.63, 3.8) is 0 Å². The molecule has 2 amide bonds. The van der Waals surface area contributed by atoms with Crippen molar-refractivity contribution in [1.29, 1.82) is 0 Å². The van der Waals surface area contributed by atoms with Crippen LogP contribution in [0.4, 0.5) is 5.69 Å². The number of carbonyl (C=O) groups excluding carboxylic acids is 2. The molecule has 0 spiro atoms. The quantitative estimate of drug-likeness (QED) is 0.506. The Hall–Kier alpha value is -2.86. The standard InChI is InChI=1S/C26H30N2O3S/c1-17-8-6-9-18(2)24(17)28(23(29)16-21-12-7-15-32-21)25(22-14-13-19(3)31-22)26(30)27-20-10-4-5-11-20/h6-9,12-15,20,25H,4-5,10-11,16H2,1-3H3,(H,27,30)/t25-/m0/s1. The minimum Gasteiger partial charge on any atom is -0.464 e. The van der Waals surface area contributed by atoms with E-state index in [-0.39, 0.29) is 24.3 Å². The maximum atomic E-state index is 13.8. The second-order valence-electron chi connectivity index (χ2n) is 8.60. The number of nitrogens with zero attached hydrogens (tertiary/aromatic N) is 1. The van der Waals surface area contributed by atoms with Gasteiger partial charge in [0.2, 0.25) is 5.91 Å². The summed E-state index contributed by atoms with van der Waals surface area (Å²) < 4.78 is 5.95. The summed E-state index contributed by atoms with van der Waals surface area (Å²) in [5, 5.41) is 5.16. The van der Waals surface area contributed by atoms with Gasteiger partial charge in [-0.15, -0.1) is 11.3 Å². The molecule has 1 atom stereocenters. The summed E-state index contributed by atoms with van der Waals surface area (Å²) >= 11 is 1.55. The first-order chi connectivity index (χ1) is 15.4. The van der Waals surface area contributed by atoms with Crippen LogP contribution >= 0.6 is 11.3 Å². The summed E-state index contributed by atoms with van der Waals surface area (Å²) in [6.45, 7) is 5.81. The number of hydrogen-bond acceptors (Lipinski definition) is 4. The SMILES string of the molecule is Cc1ccc([C@@H](C(=O)NC2CCCC2)N(C(=O)Cc2cccs2)c2c(C)cccc2C)o1. The third-order valence-corrected chi connectivity index (χ3v) is 6.97. The predicted molar refractivity (Wildman–Crippen MR) is 128 cm³/mol. The number of anilines is 1. The van der Waals surface area contributed by atoms with Gasteiger partial charge in [-0.3, -0.25) is 14.5 Å². The predicted octanol–water partition coefficient (Wildman–Crippen LogP) is 5.64. The molecule has 168 valence electrons. The minimum absolute atomic E-state index is 0.120. The number of hydrogen-bond donors (Lipinski definition) is 1. The number of carbonyl (C=O) groups is 2. The van der Waals surface area contributed by atoms with Crippen molar-refractivity contribution >= 4 is 28.8 Å². The molecular weight excluding hydrogens is 420 g/mol. The van der Waals surface area contributed by atoms with E-state index in [4.69, 9.17) is 4.42 Å². The van der Waals surface area contributed by atoms with E-state index >= 15 is 0 Å². The third kappa shape index (κ3) is 4.80. The molecule has 2 heterocycles. The lowest BCUT2D eigenvalue weighted by molar-refractivity contribution is -0.127. The molecule has 0 unspecified atom stereocenters. The number of furan rings is 1. The third-order valence-electron chi connectivity index (χ3n) is 6.09. The van der Waals surface area contributed by atoms with Gasteiger partial charge in [0, 0.05) is 10.9 Å². The molecule has 1 N–H and O–H groups in total. The lowest BCUT2D eigenvalue weighted by Gasteiger charge is -2.33. The van der Waals surface area contributed by atoms with E-state index in [0.29, 0.717) is 11.5 Å². The average Bonchev–Trinajstić information content (AvgIpc) is 3.51. The summed E-state index contributed by atoms with van der Waals surface area (Å²) in [6.07, 6.45) is 4.42. The highest BCUT2D eigenvalue weighted by molar-refractivity contribution is 7.10. The second-order valence-corrected chi connectivity index (χ2v) is 9.63. The van der Waals surface area contributed by atoms with Crippen LogP contribution in [0.15, 0.2) is 52.3 Å². The smallest absolute Gasteiger partial charge is 0.251 e. The second kappa shape index (κ2) is 9.74. The largest absolute Gasteiger partial charge is 0.464 e. The van der Waals surface area contributed by atoms with Gasteiger partial charge in [-0.1, -0.05) is 37.1 Å². The van der Waals surface area contributed by atoms with Crippen molar-refractivity contribution in [3.8, 4) is 0 Å². The van der Waals surface area contributed by atoms with Crippen molar-refractivity contribution in [1.82, 2.24) is 5.32 Å². The number of aryl methyl sites for hydroxylation is 3. The van der Waals surface area contributed by atoms with Gasteiger partial charge >= 0.3 is 0 Å². The molecule has 0 saturated heterocycles. The van der Waals surface area contributed by atoms with Crippen LogP contribution in [0.1, 0.15) is 59.2 Å². The molecule has 4 rings (SSSR count). The normalized spacial score (nSPS) is 15.0. The summed E-state index contributed by atoms with van der Waals surface area (Å²) in [6, 6.07) is 12.8. The van der Waals surface area contributed by atoms with E-state index in [1.807, 2.05) is 68.6 Å². The van der Waals surface area contributed by atoms with E-state index in [1.165, 1.54) is 0 Å². The van der Waals surface area contributed by atoms with E-state index in [0.717, 1.165) is 47.4 Å². The van der Waals surface area contributed by atoms with Crippen LogP contribution in [0, 0.1) is 20.8 Å². The number of para-hydroxylation sites is 1. The fraction of sp³-hybridized carbons (Fsp3) is 0.385. The maximum absolute atomic E-state index is 13.8. The van der Waals surface area contributed by atoms with Crippen LogP contribution in [-0.4, -0.2) is 17.9 Å². The number of amides is 2. The molecule has 5 nitrogen and oxygen atoms in total. The average molecular weight is 451 g/mol. The van der Waals surface area contributed by atoms with E-state index in [9.17, 15) is 9.59 Å². The monoisotopic (exact) mass is 450 g/mol. The van der Waals surface area contributed by atoms with Crippen LogP contribution in [-0.2, 0) is 16.0 Å². The van der Waals surface area contributed by atoms with Crippen molar-refractivity contribution in [3.05, 3.63) is 75.4 Å². The van der Waals surface area contributed by atoms with Crippen molar-refractivity contribution in [2.75, 3.05) is 4.90 Å². The highest BCUT2D eigenvalue weighted by Crippen LogP contribution is 2.35. The Morgan fingerprint density at radius 1 is 1.06 bits per heavy atom. The number of thiophene rings is 1. The highest BCUT2D eigenvalue weighted by Gasteiger charge is 2.37. The van der Waals surface area contributed by atoms with Gasteiger partial charge in [-0.2, -0.15) is 0 Å². The van der Waals surface area contributed by atoms with Gasteiger partial charge in [0.15, 0.2) is 6.04 Å². The van der Waals surface area contributed by atoms with E-state index < -0.39 is 6.04 Å². The molecular formula is C26H30N2O3S. The zero-order valence-corrected chi connectivity index (χ0v) is 19.7.